The van der Waals surface area contributed by atoms with Crippen LogP contribution in [0.15, 0.2) is 71.3 Å². The number of aryl methyl sites for hydroxylation is 1. The quantitative estimate of drug-likeness (QED) is 0.504. The predicted octanol–water partition coefficient (Wildman–Crippen LogP) is 3.56. The van der Waals surface area contributed by atoms with Crippen LogP contribution < -0.4 is 15.4 Å². The second-order valence-electron chi connectivity index (χ2n) is 8.97. The van der Waals surface area contributed by atoms with Gasteiger partial charge in [-0.25, -0.2) is 0 Å². The molecule has 1 atom stereocenters. The van der Waals surface area contributed by atoms with Gasteiger partial charge >= 0.3 is 0 Å². The summed E-state index contributed by atoms with van der Waals surface area (Å²) in [5.74, 6) is 0.580. The molecule has 2 heterocycles. The van der Waals surface area contributed by atoms with Crippen LogP contribution in [-0.2, 0) is 11.3 Å². The van der Waals surface area contributed by atoms with Gasteiger partial charge in [0, 0.05) is 24.2 Å². The summed E-state index contributed by atoms with van der Waals surface area (Å²) < 4.78 is 10.5. The topological polar surface area (TPSA) is 101 Å². The van der Waals surface area contributed by atoms with Crippen LogP contribution in [0, 0.1) is 12.8 Å². The van der Waals surface area contributed by atoms with E-state index < -0.39 is 6.04 Å². The van der Waals surface area contributed by atoms with Crippen molar-refractivity contribution in [3.05, 3.63) is 89.4 Å². The lowest BCUT2D eigenvalue weighted by Gasteiger charge is -2.36. The molecule has 1 aromatic heterocycles. The number of ether oxygens (including phenoxy) is 1. The molecular weight excluding hydrogens is 458 g/mol. The molecule has 1 fully saturated rings. The molecule has 0 unspecified atom stereocenters. The van der Waals surface area contributed by atoms with Crippen molar-refractivity contribution >= 4 is 17.7 Å². The molecule has 0 aliphatic carbocycles. The van der Waals surface area contributed by atoms with Crippen LogP contribution in [0.25, 0.3) is 0 Å². The number of hydrogen-bond acceptors (Lipinski definition) is 5. The molecule has 2 aromatic carbocycles. The highest BCUT2D eigenvalue weighted by atomic mass is 16.5. The van der Waals surface area contributed by atoms with Gasteiger partial charge in [0.1, 0.15) is 17.6 Å². The van der Waals surface area contributed by atoms with Crippen molar-refractivity contribution in [3.8, 4) is 5.75 Å². The van der Waals surface area contributed by atoms with Gasteiger partial charge in [-0.2, -0.15) is 0 Å². The Hall–Kier alpha value is -4.07. The molecule has 1 saturated heterocycles. The first kappa shape index (κ1) is 25.0. The highest BCUT2D eigenvalue weighted by Gasteiger charge is 2.34. The fraction of sp³-hybridized carbons (Fsp3) is 0.321. The molecule has 188 valence electrons. The summed E-state index contributed by atoms with van der Waals surface area (Å²) in [6, 6.07) is 17.1. The van der Waals surface area contributed by atoms with Gasteiger partial charge in [0.05, 0.1) is 19.9 Å². The van der Waals surface area contributed by atoms with Gasteiger partial charge in [0.25, 0.3) is 11.8 Å². The molecule has 3 amide bonds. The number of piperidine rings is 1. The van der Waals surface area contributed by atoms with Crippen molar-refractivity contribution in [1.82, 2.24) is 15.5 Å². The van der Waals surface area contributed by atoms with E-state index >= 15 is 0 Å². The van der Waals surface area contributed by atoms with Crippen LogP contribution in [0.5, 0.6) is 5.75 Å². The zero-order valence-electron chi connectivity index (χ0n) is 20.5. The Morgan fingerprint density at radius 3 is 2.28 bits per heavy atom. The van der Waals surface area contributed by atoms with Crippen LogP contribution in [0.1, 0.15) is 44.9 Å². The Bertz CT molecular complexity index is 1160. The zero-order valence-corrected chi connectivity index (χ0v) is 20.5. The number of likely N-dealkylation sites (tertiary alicyclic amines) is 1. The summed E-state index contributed by atoms with van der Waals surface area (Å²) in [6.45, 7) is 3.18. The second-order valence-corrected chi connectivity index (χ2v) is 8.97. The number of nitrogens with one attached hydrogen (secondary N) is 2. The molecule has 0 spiro atoms. The summed E-state index contributed by atoms with van der Waals surface area (Å²) in [6.07, 6.45) is 2.73. The summed E-state index contributed by atoms with van der Waals surface area (Å²) >= 11 is 0. The van der Waals surface area contributed by atoms with E-state index in [4.69, 9.17) is 9.15 Å². The minimum Gasteiger partial charge on any atom is -0.497 e. The molecule has 2 N–H and O–H groups in total. The maximum absolute atomic E-state index is 13.2. The average molecular weight is 490 g/mol. The Kier molecular flexibility index (Phi) is 8.05. The van der Waals surface area contributed by atoms with Gasteiger partial charge in [0.15, 0.2) is 0 Å². The van der Waals surface area contributed by atoms with E-state index in [0.717, 1.165) is 5.56 Å². The Morgan fingerprint density at radius 1 is 1.00 bits per heavy atom. The molecule has 0 saturated carbocycles. The monoisotopic (exact) mass is 489 g/mol. The lowest BCUT2D eigenvalue weighted by molar-refractivity contribution is -0.124. The number of furan rings is 1. The van der Waals surface area contributed by atoms with E-state index in [1.807, 2.05) is 19.1 Å². The maximum Gasteiger partial charge on any atom is 0.253 e. The molecule has 3 aromatic rings. The van der Waals surface area contributed by atoms with Crippen molar-refractivity contribution in [1.29, 1.82) is 0 Å². The number of amides is 3. The second kappa shape index (κ2) is 11.6. The van der Waals surface area contributed by atoms with Gasteiger partial charge in [-0.05, 0) is 74.2 Å². The molecule has 8 heteroatoms. The number of rotatable bonds is 8. The van der Waals surface area contributed by atoms with E-state index in [9.17, 15) is 14.4 Å². The van der Waals surface area contributed by atoms with Crippen molar-refractivity contribution in [3.63, 3.8) is 0 Å². The third-order valence-corrected chi connectivity index (χ3v) is 6.53. The molecule has 1 aliphatic rings. The number of carbonyl (C=O) groups excluding carboxylic acids is 3. The molecule has 36 heavy (non-hydrogen) atoms. The molecule has 8 nitrogen and oxygen atoms in total. The zero-order chi connectivity index (χ0) is 25.5. The number of nitrogens with zero attached hydrogens (tertiary/aromatic N) is 1. The third kappa shape index (κ3) is 6.13. The minimum absolute atomic E-state index is 0.0568. The fourth-order valence-corrected chi connectivity index (χ4v) is 4.38. The van der Waals surface area contributed by atoms with E-state index in [2.05, 4.69) is 10.6 Å². The standard InChI is InChI=1S/C28H31N3O5/c1-19-5-7-21(8-6-19)26(32)30-25(27(33)29-18-24-4-3-17-36-24)20-13-15-31(16-14-20)28(34)22-9-11-23(35-2)12-10-22/h3-12,17,20,25H,13-16,18H2,1-2H3,(H,29,33)(H,30,32)/t25-/m0/s1. The van der Waals surface area contributed by atoms with Crippen molar-refractivity contribution < 1.29 is 23.5 Å². The Balaban J connectivity index is 1.42. The smallest absolute Gasteiger partial charge is 0.253 e. The number of hydrogen-bond donors (Lipinski definition) is 2. The first-order chi connectivity index (χ1) is 17.4. The largest absolute Gasteiger partial charge is 0.497 e. The fourth-order valence-electron chi connectivity index (χ4n) is 4.38. The van der Waals surface area contributed by atoms with Crippen LogP contribution in [0.2, 0.25) is 0 Å². The van der Waals surface area contributed by atoms with Gasteiger partial charge in [-0.3, -0.25) is 14.4 Å². The third-order valence-electron chi connectivity index (χ3n) is 6.53. The van der Waals surface area contributed by atoms with Crippen LogP contribution in [0.3, 0.4) is 0 Å². The number of benzene rings is 2. The highest BCUT2D eigenvalue weighted by molar-refractivity contribution is 5.98. The SMILES string of the molecule is COc1ccc(C(=O)N2CCC([C@H](NC(=O)c3ccc(C)cc3)C(=O)NCc3ccco3)CC2)cc1. The number of methoxy groups -OCH3 is 1. The normalized spacial score (nSPS) is 14.7. The van der Waals surface area contributed by atoms with Gasteiger partial charge < -0.3 is 24.7 Å². The van der Waals surface area contributed by atoms with Crippen LogP contribution in [-0.4, -0.2) is 48.9 Å². The molecule has 0 bridgehead atoms. The number of carbonyl (C=O) groups is 3. The average Bonchev–Trinajstić information content (AvgIpc) is 3.44. The molecule has 0 radical (unpaired) electrons. The highest BCUT2D eigenvalue weighted by Crippen LogP contribution is 2.24. The molecule has 1 aliphatic heterocycles. The lowest BCUT2D eigenvalue weighted by Crippen LogP contribution is -2.53. The van der Waals surface area contributed by atoms with Gasteiger partial charge in [-0.1, -0.05) is 17.7 Å². The van der Waals surface area contributed by atoms with E-state index in [-0.39, 0.29) is 30.2 Å². The van der Waals surface area contributed by atoms with E-state index in [1.54, 1.807) is 66.8 Å². The van der Waals surface area contributed by atoms with Crippen LogP contribution >= 0.6 is 0 Å². The first-order valence-corrected chi connectivity index (χ1v) is 12.1. The minimum atomic E-state index is -0.730. The predicted molar refractivity (Wildman–Crippen MR) is 135 cm³/mol. The first-order valence-electron chi connectivity index (χ1n) is 12.1. The summed E-state index contributed by atoms with van der Waals surface area (Å²) in [7, 11) is 1.58. The Morgan fingerprint density at radius 2 is 1.67 bits per heavy atom. The van der Waals surface area contributed by atoms with Gasteiger partial charge in [0.2, 0.25) is 5.91 Å². The summed E-state index contributed by atoms with van der Waals surface area (Å²) in [4.78, 5) is 40.9. The van der Waals surface area contributed by atoms with Crippen molar-refractivity contribution in [2.45, 2.75) is 32.4 Å². The van der Waals surface area contributed by atoms with E-state index in [1.165, 1.54) is 0 Å². The van der Waals surface area contributed by atoms with Crippen molar-refractivity contribution in [2.75, 3.05) is 20.2 Å². The van der Waals surface area contributed by atoms with Gasteiger partial charge in [-0.15, -0.1) is 0 Å². The summed E-state index contributed by atoms with van der Waals surface area (Å²) in [5, 5.41) is 5.82. The van der Waals surface area contributed by atoms with Crippen molar-refractivity contribution in [2.24, 2.45) is 5.92 Å². The lowest BCUT2D eigenvalue weighted by atomic mass is 9.88. The van der Waals surface area contributed by atoms with Crippen LogP contribution in [0.4, 0.5) is 0 Å². The summed E-state index contributed by atoms with van der Waals surface area (Å²) in [5.41, 5.74) is 2.14. The Labute approximate surface area is 210 Å². The molecular formula is C28H31N3O5. The molecule has 4 rings (SSSR count). The maximum atomic E-state index is 13.2. The van der Waals surface area contributed by atoms with E-state index in [0.29, 0.717) is 48.6 Å².